The van der Waals surface area contributed by atoms with Crippen molar-refractivity contribution in [2.45, 2.75) is 38.5 Å². The van der Waals surface area contributed by atoms with Crippen LogP contribution in [0, 0.1) is 6.92 Å². The van der Waals surface area contributed by atoms with E-state index in [0.29, 0.717) is 6.42 Å². The molecule has 1 aromatic heterocycles. The van der Waals surface area contributed by atoms with Crippen LogP contribution in [-0.4, -0.2) is 46.8 Å². The number of rotatable bonds is 5. The van der Waals surface area contributed by atoms with Crippen LogP contribution in [0.3, 0.4) is 0 Å². The maximum atomic E-state index is 10.8. The molecule has 0 amide bonds. The molecule has 1 aliphatic rings. The van der Waals surface area contributed by atoms with E-state index in [1.165, 1.54) is 0 Å². The fourth-order valence-electron chi connectivity index (χ4n) is 2.40. The molecule has 1 aromatic rings. The number of carboxylic acids is 1. The molecule has 19 heavy (non-hydrogen) atoms. The van der Waals surface area contributed by atoms with Gasteiger partial charge in [0, 0.05) is 18.8 Å². The van der Waals surface area contributed by atoms with E-state index in [1.54, 1.807) is 0 Å². The van der Waals surface area contributed by atoms with Crippen molar-refractivity contribution in [3.8, 4) is 0 Å². The molecule has 0 radical (unpaired) electrons. The van der Waals surface area contributed by atoms with Gasteiger partial charge in [-0.25, -0.2) is 4.79 Å². The van der Waals surface area contributed by atoms with Gasteiger partial charge in [-0.1, -0.05) is 6.07 Å². The van der Waals surface area contributed by atoms with Crippen LogP contribution in [0.5, 0.6) is 0 Å². The van der Waals surface area contributed by atoms with Crippen molar-refractivity contribution in [2.24, 2.45) is 0 Å². The molecule has 5 heteroatoms. The van der Waals surface area contributed by atoms with E-state index in [4.69, 9.17) is 9.84 Å². The summed E-state index contributed by atoms with van der Waals surface area (Å²) in [5.41, 5.74) is 2.03. The molecule has 0 spiro atoms. The Bertz CT molecular complexity index is 450. The summed E-state index contributed by atoms with van der Waals surface area (Å²) in [6, 6.07) is 5.97. The van der Waals surface area contributed by atoms with Gasteiger partial charge in [0.05, 0.1) is 11.8 Å². The normalized spacial score (nSPS) is 22.9. The summed E-state index contributed by atoms with van der Waals surface area (Å²) in [5, 5.41) is 8.88. The largest absolute Gasteiger partial charge is 0.479 e. The highest BCUT2D eigenvalue weighted by atomic mass is 16.5. The van der Waals surface area contributed by atoms with Gasteiger partial charge in [0.1, 0.15) is 0 Å². The third-order valence-corrected chi connectivity index (χ3v) is 3.28. The van der Waals surface area contributed by atoms with Gasteiger partial charge in [-0.3, -0.25) is 9.88 Å². The van der Waals surface area contributed by atoms with E-state index in [-0.39, 0.29) is 6.10 Å². The lowest BCUT2D eigenvalue weighted by Crippen LogP contribution is -2.30. The van der Waals surface area contributed by atoms with Gasteiger partial charge in [0.25, 0.3) is 0 Å². The number of hydrogen-bond acceptors (Lipinski definition) is 4. The lowest BCUT2D eigenvalue weighted by Gasteiger charge is -2.20. The molecule has 104 valence electrons. The van der Waals surface area contributed by atoms with Gasteiger partial charge in [0.2, 0.25) is 0 Å². The van der Waals surface area contributed by atoms with Crippen LogP contribution in [0.15, 0.2) is 18.2 Å². The number of hydrogen-bond donors (Lipinski definition) is 1. The summed E-state index contributed by atoms with van der Waals surface area (Å²) in [7, 11) is 2.00. The molecule has 0 saturated carbocycles. The number of ether oxygens (including phenoxy) is 1. The summed E-state index contributed by atoms with van der Waals surface area (Å²) < 4.78 is 5.49. The maximum Gasteiger partial charge on any atom is 0.332 e. The first-order valence-corrected chi connectivity index (χ1v) is 6.54. The Labute approximate surface area is 113 Å². The van der Waals surface area contributed by atoms with Crippen molar-refractivity contribution in [1.82, 2.24) is 9.88 Å². The summed E-state index contributed by atoms with van der Waals surface area (Å²) in [6.07, 6.45) is 0.797. The third kappa shape index (κ3) is 4.01. The SMILES string of the molecule is Cc1cccc(CN(C)CC2CCC(C(=O)O)O2)n1. The van der Waals surface area contributed by atoms with Crippen molar-refractivity contribution in [3.63, 3.8) is 0 Å². The van der Waals surface area contributed by atoms with E-state index in [2.05, 4.69) is 9.88 Å². The fourth-order valence-corrected chi connectivity index (χ4v) is 2.40. The minimum Gasteiger partial charge on any atom is -0.479 e. The minimum atomic E-state index is -0.856. The predicted molar refractivity (Wildman–Crippen MR) is 70.8 cm³/mol. The molecule has 1 aliphatic heterocycles. The third-order valence-electron chi connectivity index (χ3n) is 3.28. The first-order chi connectivity index (χ1) is 9.04. The van der Waals surface area contributed by atoms with Crippen LogP contribution in [0.4, 0.5) is 0 Å². The number of pyridine rings is 1. The molecule has 2 atom stereocenters. The number of aryl methyl sites for hydroxylation is 1. The Kier molecular flexibility index (Phi) is 4.50. The first-order valence-electron chi connectivity index (χ1n) is 6.54. The molecule has 0 aliphatic carbocycles. The molecule has 1 saturated heterocycles. The number of nitrogens with zero attached hydrogens (tertiary/aromatic N) is 2. The van der Waals surface area contributed by atoms with Crippen molar-refractivity contribution in [1.29, 1.82) is 0 Å². The molecular formula is C14H20N2O3. The molecular weight excluding hydrogens is 244 g/mol. The van der Waals surface area contributed by atoms with Crippen molar-refractivity contribution < 1.29 is 14.6 Å². The molecule has 2 heterocycles. The number of carbonyl (C=O) groups is 1. The number of aromatic nitrogens is 1. The Hall–Kier alpha value is -1.46. The van der Waals surface area contributed by atoms with Gasteiger partial charge in [-0.2, -0.15) is 0 Å². The average Bonchev–Trinajstić information content (AvgIpc) is 2.77. The van der Waals surface area contributed by atoms with E-state index >= 15 is 0 Å². The van der Waals surface area contributed by atoms with Crippen LogP contribution in [0.1, 0.15) is 24.2 Å². The summed E-state index contributed by atoms with van der Waals surface area (Å²) in [6.45, 7) is 3.46. The lowest BCUT2D eigenvalue weighted by atomic mass is 10.2. The molecule has 2 rings (SSSR count). The van der Waals surface area contributed by atoms with E-state index in [1.807, 2.05) is 32.2 Å². The molecule has 1 fully saturated rings. The number of aliphatic carboxylic acids is 1. The number of likely N-dealkylation sites (N-methyl/N-ethyl adjacent to an activating group) is 1. The summed E-state index contributed by atoms with van der Waals surface area (Å²) in [5.74, 6) is -0.856. The van der Waals surface area contributed by atoms with Crippen molar-refractivity contribution >= 4 is 5.97 Å². The molecule has 0 bridgehead atoms. The molecule has 1 N–H and O–H groups in total. The van der Waals surface area contributed by atoms with Crippen LogP contribution in [0.25, 0.3) is 0 Å². The second-order valence-electron chi connectivity index (χ2n) is 5.13. The number of carboxylic acid groups (broad SMARTS) is 1. The monoisotopic (exact) mass is 264 g/mol. The highest BCUT2D eigenvalue weighted by molar-refractivity contribution is 5.72. The van der Waals surface area contributed by atoms with Crippen LogP contribution in [0.2, 0.25) is 0 Å². The van der Waals surface area contributed by atoms with Crippen LogP contribution >= 0.6 is 0 Å². The van der Waals surface area contributed by atoms with Gasteiger partial charge < -0.3 is 9.84 Å². The van der Waals surface area contributed by atoms with Crippen molar-refractivity contribution in [2.75, 3.05) is 13.6 Å². The Balaban J connectivity index is 1.82. The maximum absolute atomic E-state index is 10.8. The Morgan fingerprint density at radius 3 is 2.95 bits per heavy atom. The standard InChI is InChI=1S/C14H20N2O3/c1-10-4-3-5-11(15-10)8-16(2)9-12-6-7-13(19-12)14(17)18/h3-5,12-13H,6-9H2,1-2H3,(H,17,18). The Morgan fingerprint density at radius 1 is 1.53 bits per heavy atom. The zero-order valence-corrected chi connectivity index (χ0v) is 11.4. The quantitative estimate of drug-likeness (QED) is 0.872. The average molecular weight is 264 g/mol. The Morgan fingerprint density at radius 2 is 2.32 bits per heavy atom. The molecule has 0 aromatic carbocycles. The summed E-state index contributed by atoms with van der Waals surface area (Å²) in [4.78, 5) is 17.4. The van der Waals surface area contributed by atoms with E-state index in [0.717, 1.165) is 30.9 Å². The first kappa shape index (κ1) is 14.0. The van der Waals surface area contributed by atoms with Crippen LogP contribution in [-0.2, 0) is 16.1 Å². The van der Waals surface area contributed by atoms with Crippen molar-refractivity contribution in [3.05, 3.63) is 29.6 Å². The topological polar surface area (TPSA) is 62.7 Å². The van der Waals surface area contributed by atoms with Gasteiger partial charge >= 0.3 is 5.97 Å². The second-order valence-corrected chi connectivity index (χ2v) is 5.13. The summed E-state index contributed by atoms with van der Waals surface area (Å²) >= 11 is 0. The highest BCUT2D eigenvalue weighted by Gasteiger charge is 2.30. The van der Waals surface area contributed by atoms with Gasteiger partial charge in [-0.15, -0.1) is 0 Å². The van der Waals surface area contributed by atoms with Gasteiger partial charge in [-0.05, 0) is 38.9 Å². The fraction of sp³-hybridized carbons (Fsp3) is 0.571. The lowest BCUT2D eigenvalue weighted by molar-refractivity contribution is -0.149. The zero-order chi connectivity index (χ0) is 13.8. The highest BCUT2D eigenvalue weighted by Crippen LogP contribution is 2.20. The zero-order valence-electron chi connectivity index (χ0n) is 11.4. The molecule has 5 nitrogen and oxygen atoms in total. The predicted octanol–water partition coefficient (Wildman–Crippen LogP) is 1.45. The van der Waals surface area contributed by atoms with Crippen LogP contribution < -0.4 is 0 Å². The minimum absolute atomic E-state index is 0.0101. The molecule has 2 unspecified atom stereocenters. The van der Waals surface area contributed by atoms with E-state index in [9.17, 15) is 4.79 Å². The second kappa shape index (κ2) is 6.12. The smallest absolute Gasteiger partial charge is 0.332 e. The van der Waals surface area contributed by atoms with E-state index < -0.39 is 12.1 Å². The van der Waals surface area contributed by atoms with Gasteiger partial charge in [0.15, 0.2) is 6.10 Å².